The minimum absolute atomic E-state index is 0.135. The number of hydrogen-bond donors (Lipinski definition) is 2. The Morgan fingerprint density at radius 2 is 1.76 bits per heavy atom. The standard InChI is InChI=1S/C31H36N6O/c1-5-37-14-6-7-24(37)19-38-25-12-10-20-15-22(9-8-21(20)16-25)29-26-17-23(11-13-27(26)33-35-29)30-32-28(34-36-30)18-31(2,3)4/h8-13,15-17,24H,5-7,14,18-19H2,1-4H3,(H,33,35)(H,32,34,36). The highest BCUT2D eigenvalue weighted by Crippen LogP contribution is 2.32. The van der Waals surface area contributed by atoms with Crippen LogP contribution in [0, 0.1) is 5.41 Å². The van der Waals surface area contributed by atoms with E-state index in [0.29, 0.717) is 6.04 Å². The molecule has 38 heavy (non-hydrogen) atoms. The minimum Gasteiger partial charge on any atom is -0.492 e. The zero-order valence-electron chi connectivity index (χ0n) is 22.7. The number of fused-ring (bicyclic) bond motifs is 2. The summed E-state index contributed by atoms with van der Waals surface area (Å²) < 4.78 is 6.20. The molecule has 7 heteroatoms. The van der Waals surface area contributed by atoms with Gasteiger partial charge < -0.3 is 4.74 Å². The van der Waals surface area contributed by atoms with Crippen LogP contribution in [0.3, 0.4) is 0 Å². The molecule has 0 bridgehead atoms. The van der Waals surface area contributed by atoms with Crippen molar-refractivity contribution in [3.05, 3.63) is 60.4 Å². The Morgan fingerprint density at radius 3 is 2.61 bits per heavy atom. The Balaban J connectivity index is 1.25. The number of likely N-dealkylation sites (N-methyl/N-ethyl adjacent to an activating group) is 1. The van der Waals surface area contributed by atoms with Crippen LogP contribution in [0.25, 0.3) is 44.3 Å². The monoisotopic (exact) mass is 508 g/mol. The molecule has 0 amide bonds. The molecule has 7 nitrogen and oxygen atoms in total. The molecule has 1 aliphatic heterocycles. The van der Waals surface area contributed by atoms with Crippen molar-refractivity contribution >= 4 is 21.7 Å². The largest absolute Gasteiger partial charge is 0.492 e. The first kappa shape index (κ1) is 24.6. The van der Waals surface area contributed by atoms with E-state index in [4.69, 9.17) is 9.72 Å². The molecular weight excluding hydrogens is 472 g/mol. The number of hydrogen-bond acceptors (Lipinski definition) is 5. The summed E-state index contributed by atoms with van der Waals surface area (Å²) in [5.41, 5.74) is 4.13. The van der Waals surface area contributed by atoms with Gasteiger partial charge in [-0.25, -0.2) is 4.98 Å². The fourth-order valence-electron chi connectivity index (χ4n) is 5.51. The number of rotatable bonds is 7. The molecule has 0 radical (unpaired) electrons. The van der Waals surface area contributed by atoms with Gasteiger partial charge in [0, 0.05) is 29.0 Å². The molecule has 6 rings (SSSR count). The third kappa shape index (κ3) is 5.03. The average Bonchev–Trinajstić information content (AvgIpc) is 3.65. The summed E-state index contributed by atoms with van der Waals surface area (Å²) in [7, 11) is 0. The van der Waals surface area contributed by atoms with Crippen LogP contribution in [0.15, 0.2) is 54.6 Å². The van der Waals surface area contributed by atoms with Crippen LogP contribution in [0.1, 0.15) is 46.4 Å². The van der Waals surface area contributed by atoms with Gasteiger partial charge >= 0.3 is 0 Å². The molecule has 5 aromatic rings. The van der Waals surface area contributed by atoms with Gasteiger partial charge in [-0.15, -0.1) is 0 Å². The van der Waals surface area contributed by atoms with E-state index in [1.54, 1.807) is 0 Å². The fourth-order valence-corrected chi connectivity index (χ4v) is 5.51. The molecule has 1 fully saturated rings. The van der Waals surface area contributed by atoms with Crippen molar-refractivity contribution in [2.24, 2.45) is 5.41 Å². The van der Waals surface area contributed by atoms with Crippen molar-refractivity contribution in [3.63, 3.8) is 0 Å². The zero-order chi connectivity index (χ0) is 26.3. The van der Waals surface area contributed by atoms with Crippen LogP contribution in [0.2, 0.25) is 0 Å². The van der Waals surface area contributed by atoms with Crippen molar-refractivity contribution in [2.75, 3.05) is 19.7 Å². The van der Waals surface area contributed by atoms with E-state index in [-0.39, 0.29) is 5.41 Å². The summed E-state index contributed by atoms with van der Waals surface area (Å²) in [4.78, 5) is 7.26. The Kier molecular flexibility index (Phi) is 6.40. The third-order valence-electron chi connectivity index (χ3n) is 7.49. The SMILES string of the molecule is CCN1CCCC1COc1ccc2cc(-c3n[nH]c4ccc(-c5nc(CC(C)(C)C)n[nH]5)cc34)ccc2c1. The van der Waals surface area contributed by atoms with Crippen molar-refractivity contribution in [1.82, 2.24) is 30.3 Å². The predicted molar refractivity (Wildman–Crippen MR) is 153 cm³/mol. The van der Waals surface area contributed by atoms with Crippen LogP contribution < -0.4 is 4.74 Å². The van der Waals surface area contributed by atoms with Gasteiger partial charge in [0.25, 0.3) is 0 Å². The molecule has 1 saturated heterocycles. The van der Waals surface area contributed by atoms with Gasteiger partial charge in [0.2, 0.25) is 0 Å². The Hall–Kier alpha value is -3.71. The lowest BCUT2D eigenvalue weighted by Gasteiger charge is -2.22. The molecule has 2 aromatic heterocycles. The lowest BCUT2D eigenvalue weighted by Crippen LogP contribution is -2.33. The summed E-state index contributed by atoms with van der Waals surface area (Å²) in [6, 6.07) is 19.6. The van der Waals surface area contributed by atoms with E-state index in [2.05, 4.69) is 108 Å². The third-order valence-corrected chi connectivity index (χ3v) is 7.49. The summed E-state index contributed by atoms with van der Waals surface area (Å²) >= 11 is 0. The number of aromatic amines is 2. The van der Waals surface area contributed by atoms with E-state index >= 15 is 0 Å². The van der Waals surface area contributed by atoms with Crippen molar-refractivity contribution in [3.8, 4) is 28.4 Å². The van der Waals surface area contributed by atoms with E-state index < -0.39 is 0 Å². The molecule has 0 aliphatic carbocycles. The molecule has 3 heterocycles. The van der Waals surface area contributed by atoms with E-state index in [0.717, 1.165) is 64.7 Å². The number of nitrogens with zero attached hydrogens (tertiary/aromatic N) is 4. The van der Waals surface area contributed by atoms with Gasteiger partial charge in [0.15, 0.2) is 11.6 Å². The maximum atomic E-state index is 6.20. The minimum atomic E-state index is 0.135. The predicted octanol–water partition coefficient (Wildman–Crippen LogP) is 6.62. The van der Waals surface area contributed by atoms with Gasteiger partial charge in [-0.1, -0.05) is 45.9 Å². The van der Waals surface area contributed by atoms with Gasteiger partial charge in [-0.3, -0.25) is 15.1 Å². The molecule has 0 spiro atoms. The number of benzene rings is 3. The van der Waals surface area contributed by atoms with Gasteiger partial charge in [-0.2, -0.15) is 10.2 Å². The normalized spacial score (nSPS) is 16.6. The second-order valence-corrected chi connectivity index (χ2v) is 11.6. The Bertz CT molecular complexity index is 1580. The number of likely N-dealkylation sites (tertiary alicyclic amines) is 1. The van der Waals surface area contributed by atoms with E-state index in [1.807, 2.05) is 0 Å². The first-order valence-electron chi connectivity index (χ1n) is 13.7. The maximum Gasteiger partial charge on any atom is 0.155 e. The number of nitrogens with one attached hydrogen (secondary N) is 2. The number of H-pyrrole nitrogens is 2. The Morgan fingerprint density at radius 1 is 0.947 bits per heavy atom. The molecule has 1 aliphatic rings. The summed E-state index contributed by atoms with van der Waals surface area (Å²) in [6.07, 6.45) is 3.31. The molecule has 1 atom stereocenters. The van der Waals surface area contributed by atoms with Crippen LogP contribution in [0.4, 0.5) is 0 Å². The molecule has 0 saturated carbocycles. The molecule has 1 unspecified atom stereocenters. The lowest BCUT2D eigenvalue weighted by atomic mass is 9.92. The van der Waals surface area contributed by atoms with Crippen LogP contribution in [0.5, 0.6) is 5.75 Å². The highest BCUT2D eigenvalue weighted by Gasteiger charge is 2.23. The highest BCUT2D eigenvalue weighted by atomic mass is 16.5. The lowest BCUT2D eigenvalue weighted by molar-refractivity contribution is 0.179. The molecular formula is C31H36N6O. The quantitative estimate of drug-likeness (QED) is 0.258. The maximum absolute atomic E-state index is 6.20. The topological polar surface area (TPSA) is 82.7 Å². The molecule has 2 N–H and O–H groups in total. The van der Waals surface area contributed by atoms with Gasteiger partial charge in [0.1, 0.15) is 12.4 Å². The number of aromatic nitrogens is 5. The summed E-state index contributed by atoms with van der Waals surface area (Å²) in [5.74, 6) is 2.55. The average molecular weight is 509 g/mol. The van der Waals surface area contributed by atoms with Crippen molar-refractivity contribution in [1.29, 1.82) is 0 Å². The summed E-state index contributed by atoms with van der Waals surface area (Å²) in [6.45, 7) is 11.8. The highest BCUT2D eigenvalue weighted by molar-refractivity contribution is 5.97. The number of ether oxygens (including phenoxy) is 1. The second kappa shape index (κ2) is 9.87. The smallest absolute Gasteiger partial charge is 0.155 e. The Labute approximate surface area is 223 Å². The van der Waals surface area contributed by atoms with Crippen molar-refractivity contribution < 1.29 is 4.74 Å². The van der Waals surface area contributed by atoms with Crippen LogP contribution in [-0.2, 0) is 6.42 Å². The first-order chi connectivity index (χ1) is 18.4. The molecule has 196 valence electrons. The molecule has 3 aromatic carbocycles. The van der Waals surface area contributed by atoms with Gasteiger partial charge in [0.05, 0.1) is 11.2 Å². The van der Waals surface area contributed by atoms with E-state index in [1.165, 1.54) is 30.2 Å². The fraction of sp³-hybridized carbons (Fsp3) is 0.387. The van der Waals surface area contributed by atoms with Crippen LogP contribution in [-0.4, -0.2) is 56.0 Å². The zero-order valence-corrected chi connectivity index (χ0v) is 22.7. The van der Waals surface area contributed by atoms with E-state index in [9.17, 15) is 0 Å². The second-order valence-electron chi connectivity index (χ2n) is 11.6. The first-order valence-corrected chi connectivity index (χ1v) is 13.7. The van der Waals surface area contributed by atoms with Crippen molar-refractivity contribution in [2.45, 2.75) is 53.0 Å². The van der Waals surface area contributed by atoms with Crippen LogP contribution >= 0.6 is 0 Å². The summed E-state index contributed by atoms with van der Waals surface area (Å²) in [5, 5.41) is 18.8. The van der Waals surface area contributed by atoms with Gasteiger partial charge in [-0.05, 0) is 78.5 Å².